The molecule has 0 aromatic heterocycles. The maximum Gasteiger partial charge on any atom is 0.422 e. The molecule has 5 nitrogen and oxygen atoms in total. The number of nitrogens with one attached hydrogen (secondary N) is 1. The van der Waals surface area contributed by atoms with Crippen LogP contribution in [-0.2, 0) is 24.4 Å². The van der Waals surface area contributed by atoms with E-state index in [1.54, 1.807) is 12.1 Å². The molecule has 0 saturated carbocycles. The number of benzene rings is 2. The second-order valence-corrected chi connectivity index (χ2v) is 7.20. The van der Waals surface area contributed by atoms with Crippen LogP contribution in [0.2, 0.25) is 0 Å². The highest BCUT2D eigenvalue weighted by Gasteiger charge is 2.29. The van der Waals surface area contributed by atoms with E-state index in [1.165, 1.54) is 18.7 Å². The Balaban J connectivity index is 1.47. The van der Waals surface area contributed by atoms with E-state index in [9.17, 15) is 13.2 Å². The van der Waals surface area contributed by atoms with Crippen molar-refractivity contribution < 1.29 is 27.4 Å². The zero-order valence-electron chi connectivity index (χ0n) is 17.0. The highest BCUT2D eigenvalue weighted by molar-refractivity contribution is 5.43. The van der Waals surface area contributed by atoms with Gasteiger partial charge in [-0.25, -0.2) is 0 Å². The van der Waals surface area contributed by atoms with Crippen molar-refractivity contribution in [3.05, 3.63) is 59.2 Å². The Labute approximate surface area is 174 Å². The number of rotatable bonds is 9. The molecule has 2 aromatic carbocycles. The molecule has 3 rings (SSSR count). The summed E-state index contributed by atoms with van der Waals surface area (Å²) in [5, 5.41) is 3.34. The van der Waals surface area contributed by atoms with E-state index >= 15 is 0 Å². The van der Waals surface area contributed by atoms with Crippen molar-refractivity contribution in [2.24, 2.45) is 0 Å². The van der Waals surface area contributed by atoms with Gasteiger partial charge in [0.15, 0.2) is 18.1 Å². The predicted molar refractivity (Wildman–Crippen MR) is 108 cm³/mol. The first kappa shape index (κ1) is 22.4. The van der Waals surface area contributed by atoms with Gasteiger partial charge in [-0.1, -0.05) is 30.3 Å². The molecule has 0 bridgehead atoms. The number of hydrogen-bond donors (Lipinski definition) is 1. The first-order chi connectivity index (χ1) is 14.4. The molecule has 30 heavy (non-hydrogen) atoms. The summed E-state index contributed by atoms with van der Waals surface area (Å²) in [6.45, 7) is 4.35. The zero-order valence-corrected chi connectivity index (χ0v) is 17.0. The van der Waals surface area contributed by atoms with Crippen LogP contribution in [0.25, 0.3) is 0 Å². The Morgan fingerprint density at radius 1 is 0.933 bits per heavy atom. The molecule has 0 aliphatic carbocycles. The summed E-state index contributed by atoms with van der Waals surface area (Å²) in [5.74, 6) is 0.362. The summed E-state index contributed by atoms with van der Waals surface area (Å²) in [6.07, 6.45) is -4.39. The minimum atomic E-state index is -4.39. The van der Waals surface area contributed by atoms with Gasteiger partial charge in [0.2, 0.25) is 0 Å². The molecule has 0 radical (unpaired) electrons. The summed E-state index contributed by atoms with van der Waals surface area (Å²) in [7, 11) is 1.41. The van der Waals surface area contributed by atoms with E-state index in [2.05, 4.69) is 34.5 Å². The maximum absolute atomic E-state index is 12.3. The molecular formula is C22H27F3N2O3. The van der Waals surface area contributed by atoms with Crippen molar-refractivity contribution in [2.45, 2.75) is 25.8 Å². The van der Waals surface area contributed by atoms with Crippen LogP contribution >= 0.6 is 0 Å². The third-order valence-corrected chi connectivity index (χ3v) is 4.81. The molecule has 2 aromatic rings. The standard InChI is InChI=1S/C22H27F3N2O3/c1-28-21-12-19(6-7-20(21)30-16-22(23,24)25)14-26-13-17-2-4-18(5-3-17)15-27-8-10-29-11-9-27/h2-7,12,26H,8-11,13-16H2,1H3. The fourth-order valence-corrected chi connectivity index (χ4v) is 3.23. The van der Waals surface area contributed by atoms with E-state index in [4.69, 9.17) is 14.2 Å². The molecule has 8 heteroatoms. The van der Waals surface area contributed by atoms with Gasteiger partial charge in [0, 0.05) is 32.7 Å². The first-order valence-electron chi connectivity index (χ1n) is 9.88. The van der Waals surface area contributed by atoms with Crippen LogP contribution in [-0.4, -0.2) is 51.1 Å². The predicted octanol–water partition coefficient (Wildman–Crippen LogP) is 3.76. The van der Waals surface area contributed by atoms with Crippen molar-refractivity contribution in [1.82, 2.24) is 10.2 Å². The van der Waals surface area contributed by atoms with Crippen molar-refractivity contribution in [3.8, 4) is 11.5 Å². The van der Waals surface area contributed by atoms with Gasteiger partial charge in [-0.15, -0.1) is 0 Å². The highest BCUT2D eigenvalue weighted by Crippen LogP contribution is 2.29. The Kier molecular flexibility index (Phi) is 7.95. The Morgan fingerprint density at radius 2 is 1.57 bits per heavy atom. The average Bonchev–Trinajstić information content (AvgIpc) is 2.74. The Morgan fingerprint density at radius 3 is 2.23 bits per heavy atom. The van der Waals surface area contributed by atoms with E-state index in [-0.39, 0.29) is 11.5 Å². The molecular weight excluding hydrogens is 397 g/mol. The van der Waals surface area contributed by atoms with Crippen molar-refractivity contribution in [3.63, 3.8) is 0 Å². The number of ether oxygens (including phenoxy) is 3. The maximum atomic E-state index is 12.3. The number of hydrogen-bond acceptors (Lipinski definition) is 5. The second-order valence-electron chi connectivity index (χ2n) is 7.20. The first-order valence-corrected chi connectivity index (χ1v) is 9.88. The molecule has 1 heterocycles. The number of methoxy groups -OCH3 is 1. The van der Waals surface area contributed by atoms with Crippen molar-refractivity contribution in [2.75, 3.05) is 40.0 Å². The molecule has 1 aliphatic rings. The lowest BCUT2D eigenvalue weighted by Gasteiger charge is -2.26. The molecule has 0 atom stereocenters. The molecule has 0 spiro atoms. The molecule has 0 amide bonds. The molecule has 1 fully saturated rings. The molecule has 1 N–H and O–H groups in total. The quantitative estimate of drug-likeness (QED) is 0.664. The molecule has 0 unspecified atom stereocenters. The summed E-state index contributed by atoms with van der Waals surface area (Å²) < 4.78 is 52.4. The topological polar surface area (TPSA) is 43.0 Å². The minimum Gasteiger partial charge on any atom is -0.493 e. The fourth-order valence-electron chi connectivity index (χ4n) is 3.23. The summed E-state index contributed by atoms with van der Waals surface area (Å²) in [6, 6.07) is 13.4. The van der Waals surface area contributed by atoms with Crippen LogP contribution in [0.15, 0.2) is 42.5 Å². The van der Waals surface area contributed by atoms with Crippen LogP contribution in [0, 0.1) is 0 Å². The number of morpholine rings is 1. The average molecular weight is 424 g/mol. The molecule has 1 saturated heterocycles. The lowest BCUT2D eigenvalue weighted by molar-refractivity contribution is -0.153. The summed E-state index contributed by atoms with van der Waals surface area (Å²) >= 11 is 0. The Hall–Kier alpha value is -2.29. The Bertz CT molecular complexity index is 791. The normalized spacial score (nSPS) is 15.2. The van der Waals surface area contributed by atoms with Crippen LogP contribution in [0.4, 0.5) is 13.2 Å². The van der Waals surface area contributed by atoms with E-state index in [1.807, 2.05) is 0 Å². The minimum absolute atomic E-state index is 0.0782. The van der Waals surface area contributed by atoms with Crippen LogP contribution < -0.4 is 14.8 Å². The summed E-state index contributed by atoms with van der Waals surface area (Å²) in [4.78, 5) is 2.38. The largest absolute Gasteiger partial charge is 0.493 e. The number of nitrogens with zero attached hydrogens (tertiary/aromatic N) is 1. The van der Waals surface area contributed by atoms with Gasteiger partial charge >= 0.3 is 6.18 Å². The second kappa shape index (κ2) is 10.7. The fraction of sp³-hybridized carbons (Fsp3) is 0.455. The molecule has 164 valence electrons. The summed E-state index contributed by atoms with van der Waals surface area (Å²) in [5.41, 5.74) is 3.34. The van der Waals surface area contributed by atoms with Gasteiger partial charge in [-0.05, 0) is 28.8 Å². The lowest BCUT2D eigenvalue weighted by atomic mass is 10.1. The third-order valence-electron chi connectivity index (χ3n) is 4.81. The van der Waals surface area contributed by atoms with Crippen molar-refractivity contribution in [1.29, 1.82) is 0 Å². The van der Waals surface area contributed by atoms with Gasteiger partial charge < -0.3 is 19.5 Å². The van der Waals surface area contributed by atoms with Gasteiger partial charge in [0.1, 0.15) is 0 Å². The van der Waals surface area contributed by atoms with Gasteiger partial charge in [-0.2, -0.15) is 13.2 Å². The van der Waals surface area contributed by atoms with E-state index in [0.29, 0.717) is 13.1 Å². The van der Waals surface area contributed by atoms with E-state index < -0.39 is 12.8 Å². The lowest BCUT2D eigenvalue weighted by Crippen LogP contribution is -2.35. The van der Waals surface area contributed by atoms with Crippen LogP contribution in [0.5, 0.6) is 11.5 Å². The van der Waals surface area contributed by atoms with Crippen LogP contribution in [0.3, 0.4) is 0 Å². The van der Waals surface area contributed by atoms with Gasteiger partial charge in [0.25, 0.3) is 0 Å². The van der Waals surface area contributed by atoms with Gasteiger partial charge in [0.05, 0.1) is 20.3 Å². The zero-order chi connectivity index (χ0) is 21.4. The number of alkyl halides is 3. The van der Waals surface area contributed by atoms with Crippen LogP contribution in [0.1, 0.15) is 16.7 Å². The van der Waals surface area contributed by atoms with Gasteiger partial charge in [-0.3, -0.25) is 4.90 Å². The van der Waals surface area contributed by atoms with E-state index in [0.717, 1.165) is 44.0 Å². The monoisotopic (exact) mass is 424 g/mol. The third kappa shape index (κ3) is 7.19. The SMILES string of the molecule is COc1cc(CNCc2ccc(CN3CCOCC3)cc2)ccc1OCC(F)(F)F. The highest BCUT2D eigenvalue weighted by atomic mass is 19.4. The molecule has 1 aliphatic heterocycles. The van der Waals surface area contributed by atoms with Crippen molar-refractivity contribution >= 4 is 0 Å². The number of halogens is 3. The smallest absolute Gasteiger partial charge is 0.422 e.